The van der Waals surface area contributed by atoms with E-state index in [0.717, 1.165) is 26.0 Å². The van der Waals surface area contributed by atoms with E-state index in [1.165, 1.54) is 0 Å². The predicted molar refractivity (Wildman–Crippen MR) is 90.3 cm³/mol. The molecule has 0 saturated heterocycles. The first-order valence-electron chi connectivity index (χ1n) is 6.15. The Balaban J connectivity index is 2.64. The Bertz CT molecular complexity index is 677. The number of ketones is 1. The van der Waals surface area contributed by atoms with Gasteiger partial charge in [0.05, 0.1) is 11.1 Å². The van der Waals surface area contributed by atoms with Gasteiger partial charge in [0.2, 0.25) is 0 Å². The van der Waals surface area contributed by atoms with Crippen molar-refractivity contribution in [3.05, 3.63) is 50.2 Å². The lowest BCUT2D eigenvalue weighted by Gasteiger charge is -2.12. The number of hydrogen-bond acceptors (Lipinski definition) is 1. The average molecular weight is 420 g/mol. The van der Waals surface area contributed by atoms with Gasteiger partial charge in [-0.05, 0) is 61.0 Å². The smallest absolute Gasteiger partial charge is 0.182 e. The molecule has 0 bridgehead atoms. The number of alkyl halides is 1. The summed E-state index contributed by atoms with van der Waals surface area (Å²) in [5, 5.41) is -0.519. The maximum Gasteiger partial charge on any atom is 0.182 e. The number of halogens is 3. The molecule has 0 fully saturated rings. The van der Waals surface area contributed by atoms with Crippen molar-refractivity contribution in [2.45, 2.75) is 26.1 Å². The Morgan fingerprint density at radius 3 is 2.50 bits per heavy atom. The molecule has 1 aromatic heterocycles. The van der Waals surface area contributed by atoms with Crippen LogP contribution in [0.3, 0.4) is 0 Å². The van der Waals surface area contributed by atoms with Crippen LogP contribution in [0.1, 0.15) is 28.7 Å². The highest BCUT2D eigenvalue weighted by Gasteiger charge is 2.20. The highest BCUT2D eigenvalue weighted by Crippen LogP contribution is 2.30. The number of benzene rings is 1. The van der Waals surface area contributed by atoms with E-state index in [9.17, 15) is 4.79 Å². The van der Waals surface area contributed by atoms with E-state index in [2.05, 4.69) is 36.4 Å². The number of hydrogen-bond donors (Lipinski definition) is 0. The lowest BCUT2D eigenvalue weighted by atomic mass is 10.1. The summed E-state index contributed by atoms with van der Waals surface area (Å²) >= 11 is 13.0. The van der Waals surface area contributed by atoms with E-state index in [1.54, 1.807) is 6.92 Å². The minimum absolute atomic E-state index is 0.0443. The largest absolute Gasteiger partial charge is 0.317 e. The van der Waals surface area contributed by atoms with Crippen LogP contribution in [0.2, 0.25) is 0 Å². The second-order valence-corrected chi connectivity index (χ2v) is 7.12. The first-order valence-corrected chi connectivity index (χ1v) is 8.17. The minimum Gasteiger partial charge on any atom is -0.317 e. The van der Waals surface area contributed by atoms with Crippen molar-refractivity contribution in [2.75, 3.05) is 0 Å². The molecule has 0 N–H and O–H groups in total. The second-order valence-electron chi connectivity index (χ2n) is 4.70. The van der Waals surface area contributed by atoms with E-state index in [-0.39, 0.29) is 5.78 Å². The zero-order valence-electron chi connectivity index (χ0n) is 11.4. The lowest BCUT2D eigenvalue weighted by Crippen LogP contribution is -2.11. The van der Waals surface area contributed by atoms with Gasteiger partial charge in [-0.25, -0.2) is 0 Å². The molecule has 106 valence electrons. The summed E-state index contributed by atoms with van der Waals surface area (Å²) in [6.07, 6.45) is 0. The predicted octanol–water partition coefficient (Wildman–Crippen LogP) is 5.43. The van der Waals surface area contributed by atoms with Crippen LogP contribution in [0.25, 0.3) is 5.69 Å². The number of carbonyl (C=O) groups excluding carboxylic acids is 1. The van der Waals surface area contributed by atoms with E-state index in [0.29, 0.717) is 5.56 Å². The summed E-state index contributed by atoms with van der Waals surface area (Å²) in [5.74, 6) is -0.0443. The third-order valence-electron chi connectivity index (χ3n) is 3.21. The molecule has 1 aromatic carbocycles. The van der Waals surface area contributed by atoms with Gasteiger partial charge in [0.1, 0.15) is 0 Å². The fourth-order valence-electron chi connectivity index (χ4n) is 2.25. The molecule has 0 radical (unpaired) electrons. The molecule has 2 aromatic rings. The zero-order valence-corrected chi connectivity index (χ0v) is 15.3. The Morgan fingerprint density at radius 1 is 1.25 bits per heavy atom. The van der Waals surface area contributed by atoms with Gasteiger partial charge in [-0.1, -0.05) is 15.9 Å². The van der Waals surface area contributed by atoms with E-state index < -0.39 is 5.38 Å². The zero-order chi connectivity index (χ0) is 15.0. The Labute approximate surface area is 140 Å². The molecular formula is C15H14Br2ClNO. The summed E-state index contributed by atoms with van der Waals surface area (Å²) < 4.78 is 4.02. The molecule has 1 unspecified atom stereocenters. The topological polar surface area (TPSA) is 22.0 Å². The summed E-state index contributed by atoms with van der Waals surface area (Å²) in [6, 6.07) is 7.85. The third kappa shape index (κ3) is 2.87. The van der Waals surface area contributed by atoms with Gasteiger partial charge < -0.3 is 4.57 Å². The maximum atomic E-state index is 12.1. The number of rotatable bonds is 3. The summed E-state index contributed by atoms with van der Waals surface area (Å²) in [7, 11) is 0. The summed E-state index contributed by atoms with van der Waals surface area (Å²) in [5.41, 5.74) is 3.58. The van der Waals surface area contributed by atoms with Crippen molar-refractivity contribution < 1.29 is 4.79 Å². The highest BCUT2D eigenvalue weighted by molar-refractivity contribution is 9.11. The fourth-order valence-corrected chi connectivity index (χ4v) is 3.14. The van der Waals surface area contributed by atoms with Crippen LogP contribution in [0.5, 0.6) is 0 Å². The Kier molecular flexibility index (Phi) is 4.77. The van der Waals surface area contributed by atoms with Crippen molar-refractivity contribution in [3.63, 3.8) is 0 Å². The van der Waals surface area contributed by atoms with Gasteiger partial charge in [-0.2, -0.15) is 0 Å². The third-order valence-corrected chi connectivity index (χ3v) is 4.57. The van der Waals surface area contributed by atoms with Crippen LogP contribution in [-0.4, -0.2) is 15.7 Å². The molecule has 2 nitrogen and oxygen atoms in total. The molecular weight excluding hydrogens is 405 g/mol. The molecule has 0 saturated carbocycles. The van der Waals surface area contributed by atoms with Crippen LogP contribution < -0.4 is 0 Å². The molecule has 0 aliphatic carbocycles. The maximum absolute atomic E-state index is 12.1. The SMILES string of the molecule is Cc1cc(C(=O)C(C)Cl)c(C)n1-c1cc(Br)ccc1Br. The van der Waals surface area contributed by atoms with Gasteiger partial charge in [-0.3, -0.25) is 4.79 Å². The Hall–Kier alpha value is -0.580. The van der Waals surface area contributed by atoms with Crippen LogP contribution in [0.4, 0.5) is 0 Å². The van der Waals surface area contributed by atoms with Crippen LogP contribution in [0, 0.1) is 13.8 Å². The van der Waals surface area contributed by atoms with Crippen LogP contribution >= 0.6 is 43.5 Å². The van der Waals surface area contributed by atoms with Gasteiger partial charge in [0.25, 0.3) is 0 Å². The van der Waals surface area contributed by atoms with Crippen LogP contribution in [0.15, 0.2) is 33.2 Å². The Morgan fingerprint density at radius 2 is 1.90 bits per heavy atom. The minimum atomic E-state index is -0.519. The molecule has 0 amide bonds. The van der Waals surface area contributed by atoms with Crippen molar-refractivity contribution >= 4 is 49.2 Å². The monoisotopic (exact) mass is 417 g/mol. The summed E-state index contributed by atoms with van der Waals surface area (Å²) in [4.78, 5) is 12.1. The lowest BCUT2D eigenvalue weighted by molar-refractivity contribution is 0.0991. The number of aromatic nitrogens is 1. The second kappa shape index (κ2) is 6.04. The number of Topliss-reactive ketones (excluding diaryl/α,β-unsaturated/α-hetero) is 1. The first-order chi connectivity index (χ1) is 9.32. The normalized spacial score (nSPS) is 12.5. The van der Waals surface area contributed by atoms with Gasteiger partial charge in [-0.15, -0.1) is 11.6 Å². The molecule has 20 heavy (non-hydrogen) atoms. The molecule has 2 rings (SSSR count). The number of aryl methyl sites for hydroxylation is 1. The first kappa shape index (κ1) is 15.8. The molecule has 1 atom stereocenters. The van der Waals surface area contributed by atoms with Crippen molar-refractivity contribution in [1.29, 1.82) is 0 Å². The van der Waals surface area contributed by atoms with Crippen molar-refractivity contribution in [2.24, 2.45) is 0 Å². The fraction of sp³-hybridized carbons (Fsp3) is 0.267. The van der Waals surface area contributed by atoms with E-state index in [1.807, 2.05) is 38.1 Å². The molecule has 1 heterocycles. The van der Waals surface area contributed by atoms with Gasteiger partial charge in [0.15, 0.2) is 5.78 Å². The van der Waals surface area contributed by atoms with Gasteiger partial charge in [0, 0.05) is 25.9 Å². The van der Waals surface area contributed by atoms with Crippen molar-refractivity contribution in [3.8, 4) is 5.69 Å². The standard InChI is InChI=1S/C15H14Br2ClNO/c1-8-6-12(15(20)9(2)18)10(3)19(8)14-7-11(16)4-5-13(14)17/h4-7,9H,1-3H3. The average Bonchev–Trinajstić information content (AvgIpc) is 2.67. The number of nitrogens with zero attached hydrogens (tertiary/aromatic N) is 1. The quantitative estimate of drug-likeness (QED) is 0.480. The van der Waals surface area contributed by atoms with Crippen LogP contribution in [-0.2, 0) is 0 Å². The number of carbonyl (C=O) groups is 1. The van der Waals surface area contributed by atoms with Crippen molar-refractivity contribution in [1.82, 2.24) is 4.57 Å². The summed E-state index contributed by atoms with van der Waals surface area (Å²) in [6.45, 7) is 5.62. The highest BCUT2D eigenvalue weighted by atomic mass is 79.9. The van der Waals surface area contributed by atoms with Gasteiger partial charge >= 0.3 is 0 Å². The molecule has 5 heteroatoms. The molecule has 0 spiro atoms. The molecule has 0 aliphatic heterocycles. The van der Waals surface area contributed by atoms with E-state index in [4.69, 9.17) is 11.6 Å². The molecule has 0 aliphatic rings. The van der Waals surface area contributed by atoms with E-state index >= 15 is 0 Å².